The third kappa shape index (κ3) is 7.74. The van der Waals surface area contributed by atoms with Gasteiger partial charge in [0.1, 0.15) is 0 Å². The van der Waals surface area contributed by atoms with Gasteiger partial charge in [0.15, 0.2) is 0 Å². The van der Waals surface area contributed by atoms with Gasteiger partial charge in [-0.3, -0.25) is 0 Å². The van der Waals surface area contributed by atoms with Gasteiger partial charge >= 0.3 is 0 Å². The van der Waals surface area contributed by atoms with Crippen LogP contribution in [0.2, 0.25) is 0 Å². The quantitative estimate of drug-likeness (QED) is 0.619. The summed E-state index contributed by atoms with van der Waals surface area (Å²) in [5.74, 6) is 0.967. The van der Waals surface area contributed by atoms with Crippen LogP contribution in [0.25, 0.3) is 0 Å². The third-order valence-corrected chi connectivity index (χ3v) is 3.72. The van der Waals surface area contributed by atoms with E-state index in [1.54, 1.807) is 0 Å². The Morgan fingerprint density at radius 1 is 1.00 bits per heavy atom. The molecule has 0 aliphatic heterocycles. The Labute approximate surface area is 108 Å². The lowest BCUT2D eigenvalue weighted by molar-refractivity contribution is 0.297. The lowest BCUT2D eigenvalue weighted by atomic mass is 10.1. The maximum Gasteiger partial charge on any atom is 0.0104 e. The third-order valence-electron chi connectivity index (χ3n) is 3.72. The summed E-state index contributed by atoms with van der Waals surface area (Å²) >= 11 is 0. The summed E-state index contributed by atoms with van der Waals surface area (Å²) in [5, 5.41) is 3.61. The van der Waals surface area contributed by atoms with Crippen LogP contribution in [0.1, 0.15) is 32.1 Å². The van der Waals surface area contributed by atoms with Crippen LogP contribution in [-0.4, -0.2) is 63.7 Å². The van der Waals surface area contributed by atoms with Gasteiger partial charge < -0.3 is 15.1 Å². The number of likely N-dealkylation sites (N-methyl/N-ethyl adjacent to an activating group) is 1. The minimum absolute atomic E-state index is 0.967. The van der Waals surface area contributed by atoms with Crippen molar-refractivity contribution in [3.05, 3.63) is 0 Å². The van der Waals surface area contributed by atoms with E-state index in [0.29, 0.717) is 0 Å². The molecule has 17 heavy (non-hydrogen) atoms. The molecule has 1 saturated carbocycles. The molecular weight excluding hydrogens is 210 g/mol. The van der Waals surface area contributed by atoms with E-state index in [2.05, 4.69) is 36.3 Å². The zero-order valence-corrected chi connectivity index (χ0v) is 12.0. The Balaban J connectivity index is 1.87. The van der Waals surface area contributed by atoms with Crippen LogP contribution in [0.5, 0.6) is 0 Å². The van der Waals surface area contributed by atoms with Crippen molar-refractivity contribution in [2.75, 3.05) is 53.9 Å². The molecule has 1 N–H and O–H groups in total. The van der Waals surface area contributed by atoms with Crippen molar-refractivity contribution in [2.24, 2.45) is 5.92 Å². The number of hydrogen-bond acceptors (Lipinski definition) is 3. The van der Waals surface area contributed by atoms with Crippen LogP contribution in [0.4, 0.5) is 0 Å². The van der Waals surface area contributed by atoms with E-state index in [1.165, 1.54) is 58.3 Å². The van der Waals surface area contributed by atoms with E-state index in [9.17, 15) is 0 Å². The highest BCUT2D eigenvalue weighted by atomic mass is 15.1. The molecule has 0 unspecified atom stereocenters. The van der Waals surface area contributed by atoms with Crippen molar-refractivity contribution in [3.63, 3.8) is 0 Å². The first-order valence-corrected chi connectivity index (χ1v) is 7.22. The van der Waals surface area contributed by atoms with E-state index < -0.39 is 0 Å². The van der Waals surface area contributed by atoms with Crippen molar-refractivity contribution in [2.45, 2.75) is 32.1 Å². The number of nitrogens with one attached hydrogen (secondary N) is 1. The molecule has 0 amide bonds. The minimum atomic E-state index is 0.967. The van der Waals surface area contributed by atoms with Crippen LogP contribution in [-0.2, 0) is 0 Å². The van der Waals surface area contributed by atoms with Crippen molar-refractivity contribution in [1.82, 2.24) is 15.1 Å². The molecule has 0 spiro atoms. The molecule has 1 fully saturated rings. The molecule has 1 rings (SSSR count). The molecule has 0 heterocycles. The summed E-state index contributed by atoms with van der Waals surface area (Å²) in [7, 11) is 6.51. The lowest BCUT2D eigenvalue weighted by Gasteiger charge is -2.19. The maximum absolute atomic E-state index is 3.61. The smallest absolute Gasteiger partial charge is 0.0104 e. The highest BCUT2D eigenvalue weighted by Gasteiger charge is 2.13. The van der Waals surface area contributed by atoms with Crippen molar-refractivity contribution >= 4 is 0 Å². The summed E-state index contributed by atoms with van der Waals surface area (Å²) in [6.45, 7) is 5.98. The second kappa shape index (κ2) is 8.90. The Morgan fingerprint density at radius 2 is 1.71 bits per heavy atom. The molecule has 0 aromatic heterocycles. The number of rotatable bonds is 9. The molecule has 102 valence electrons. The Morgan fingerprint density at radius 3 is 2.35 bits per heavy atom. The highest BCUT2D eigenvalue weighted by Crippen LogP contribution is 2.23. The zero-order valence-electron chi connectivity index (χ0n) is 12.0. The number of hydrogen-bond donors (Lipinski definition) is 1. The van der Waals surface area contributed by atoms with E-state index in [1.807, 2.05) is 0 Å². The summed E-state index contributed by atoms with van der Waals surface area (Å²) in [4.78, 5) is 4.69. The molecule has 0 bridgehead atoms. The molecule has 1 aliphatic carbocycles. The fourth-order valence-electron chi connectivity index (χ4n) is 2.56. The molecule has 0 saturated heterocycles. The van der Waals surface area contributed by atoms with E-state index in [-0.39, 0.29) is 0 Å². The topological polar surface area (TPSA) is 18.5 Å². The Bertz CT molecular complexity index is 176. The summed E-state index contributed by atoms with van der Waals surface area (Å²) in [6.07, 6.45) is 7.08. The van der Waals surface area contributed by atoms with E-state index in [0.717, 1.165) is 12.5 Å². The molecular formula is C14H31N3. The van der Waals surface area contributed by atoms with E-state index >= 15 is 0 Å². The Hall–Kier alpha value is -0.120. The molecule has 3 nitrogen and oxygen atoms in total. The first kappa shape index (κ1) is 14.9. The van der Waals surface area contributed by atoms with Crippen LogP contribution >= 0.6 is 0 Å². The van der Waals surface area contributed by atoms with Crippen LogP contribution < -0.4 is 5.32 Å². The van der Waals surface area contributed by atoms with Crippen LogP contribution in [0.3, 0.4) is 0 Å². The molecule has 0 aromatic rings. The van der Waals surface area contributed by atoms with E-state index in [4.69, 9.17) is 0 Å². The van der Waals surface area contributed by atoms with Gasteiger partial charge in [-0.1, -0.05) is 12.8 Å². The molecule has 0 aromatic carbocycles. The average molecular weight is 241 g/mol. The molecule has 0 atom stereocenters. The van der Waals surface area contributed by atoms with Crippen molar-refractivity contribution < 1.29 is 0 Å². The highest BCUT2D eigenvalue weighted by molar-refractivity contribution is 4.69. The monoisotopic (exact) mass is 241 g/mol. The molecule has 1 aliphatic rings. The summed E-state index contributed by atoms with van der Waals surface area (Å²) < 4.78 is 0. The van der Waals surface area contributed by atoms with Gasteiger partial charge in [0.2, 0.25) is 0 Å². The van der Waals surface area contributed by atoms with Crippen molar-refractivity contribution in [3.8, 4) is 0 Å². The summed E-state index contributed by atoms with van der Waals surface area (Å²) in [5.41, 5.74) is 0. The van der Waals surface area contributed by atoms with Crippen molar-refractivity contribution in [1.29, 1.82) is 0 Å². The second-order valence-corrected chi connectivity index (χ2v) is 5.81. The van der Waals surface area contributed by atoms with Crippen LogP contribution in [0, 0.1) is 5.92 Å². The molecule has 0 radical (unpaired) electrons. The first-order valence-electron chi connectivity index (χ1n) is 7.22. The zero-order chi connectivity index (χ0) is 12.5. The normalized spacial score (nSPS) is 17.5. The maximum atomic E-state index is 3.61. The fourth-order valence-corrected chi connectivity index (χ4v) is 2.56. The predicted molar refractivity (Wildman–Crippen MR) is 75.5 cm³/mol. The molecule has 3 heteroatoms. The minimum Gasteiger partial charge on any atom is -0.315 e. The van der Waals surface area contributed by atoms with Gasteiger partial charge in [-0.2, -0.15) is 0 Å². The van der Waals surface area contributed by atoms with Gasteiger partial charge in [0.25, 0.3) is 0 Å². The van der Waals surface area contributed by atoms with Gasteiger partial charge in [-0.15, -0.1) is 0 Å². The second-order valence-electron chi connectivity index (χ2n) is 5.81. The van der Waals surface area contributed by atoms with Gasteiger partial charge in [-0.05, 0) is 66.0 Å². The number of nitrogens with zero attached hydrogens (tertiary/aromatic N) is 2. The Kier molecular flexibility index (Phi) is 7.82. The van der Waals surface area contributed by atoms with Gasteiger partial charge in [0.05, 0.1) is 0 Å². The largest absolute Gasteiger partial charge is 0.315 e. The van der Waals surface area contributed by atoms with Gasteiger partial charge in [0, 0.05) is 13.1 Å². The predicted octanol–water partition coefficient (Wildman–Crippen LogP) is 1.65. The SMILES string of the molecule is CN(C)CCCN(C)CCNCC1CCCC1. The van der Waals surface area contributed by atoms with Gasteiger partial charge in [-0.25, -0.2) is 0 Å². The van der Waals surface area contributed by atoms with Crippen LogP contribution in [0.15, 0.2) is 0 Å². The summed E-state index contributed by atoms with van der Waals surface area (Å²) in [6, 6.07) is 0. The average Bonchev–Trinajstić information content (AvgIpc) is 2.76. The standard InChI is InChI=1S/C14H31N3/c1-16(2)10-6-11-17(3)12-9-15-13-14-7-4-5-8-14/h14-15H,4-13H2,1-3H3. The first-order chi connectivity index (χ1) is 8.18. The fraction of sp³-hybridized carbons (Fsp3) is 1.00. The lowest BCUT2D eigenvalue weighted by Crippen LogP contribution is -2.33.